The van der Waals surface area contributed by atoms with Crippen LogP contribution in [0.3, 0.4) is 0 Å². The van der Waals surface area contributed by atoms with Crippen LogP contribution in [-0.2, 0) is 6.54 Å². The summed E-state index contributed by atoms with van der Waals surface area (Å²) in [6, 6.07) is 6.45. The van der Waals surface area contributed by atoms with E-state index < -0.39 is 0 Å². The molecule has 1 atom stereocenters. The lowest BCUT2D eigenvalue weighted by atomic mass is 10.1. The molecule has 0 bridgehead atoms. The van der Waals surface area contributed by atoms with Gasteiger partial charge in [-0.1, -0.05) is 6.92 Å². The molecule has 0 saturated carbocycles. The normalized spacial score (nSPS) is 12.9. The minimum Gasteiger partial charge on any atom is -0.468 e. The van der Waals surface area contributed by atoms with E-state index in [4.69, 9.17) is 4.42 Å². The highest BCUT2D eigenvalue weighted by atomic mass is 32.1. The van der Waals surface area contributed by atoms with Crippen LogP contribution in [0.4, 0.5) is 0 Å². The van der Waals surface area contributed by atoms with Crippen molar-refractivity contribution in [3.63, 3.8) is 0 Å². The van der Waals surface area contributed by atoms with Crippen molar-refractivity contribution in [1.29, 1.82) is 0 Å². The highest BCUT2D eigenvalue weighted by molar-refractivity contribution is 7.10. The molecule has 0 aliphatic carbocycles. The van der Waals surface area contributed by atoms with E-state index in [2.05, 4.69) is 30.6 Å². The van der Waals surface area contributed by atoms with Gasteiger partial charge in [-0.2, -0.15) is 0 Å². The van der Waals surface area contributed by atoms with Gasteiger partial charge in [-0.15, -0.1) is 11.3 Å². The second-order valence-corrected chi connectivity index (χ2v) is 4.88. The molecule has 0 saturated heterocycles. The van der Waals surface area contributed by atoms with Crippen molar-refractivity contribution in [1.82, 2.24) is 5.32 Å². The lowest BCUT2D eigenvalue weighted by Crippen LogP contribution is -2.19. The van der Waals surface area contributed by atoms with Crippen molar-refractivity contribution in [3.05, 3.63) is 46.0 Å². The second-order valence-electron chi connectivity index (χ2n) is 3.88. The first kappa shape index (κ1) is 11.4. The minimum absolute atomic E-state index is 0.316. The summed E-state index contributed by atoms with van der Waals surface area (Å²) in [5.74, 6) is 1.02. The quantitative estimate of drug-likeness (QED) is 0.850. The minimum atomic E-state index is 0.316. The van der Waals surface area contributed by atoms with E-state index >= 15 is 0 Å². The van der Waals surface area contributed by atoms with Gasteiger partial charge in [0.1, 0.15) is 5.76 Å². The van der Waals surface area contributed by atoms with Crippen LogP contribution < -0.4 is 5.32 Å². The zero-order chi connectivity index (χ0) is 11.4. The number of furan rings is 1. The van der Waals surface area contributed by atoms with Crippen molar-refractivity contribution in [2.24, 2.45) is 0 Å². The van der Waals surface area contributed by atoms with Gasteiger partial charge in [-0.25, -0.2) is 0 Å². The van der Waals surface area contributed by atoms with Crippen LogP contribution in [0.5, 0.6) is 0 Å². The lowest BCUT2D eigenvalue weighted by molar-refractivity contribution is 0.404. The maximum absolute atomic E-state index is 5.43. The predicted octanol–water partition coefficient (Wildman–Crippen LogP) is 3.89. The maximum Gasteiger partial charge on any atom is 0.120 e. The average Bonchev–Trinajstić information content (AvgIpc) is 2.92. The van der Waals surface area contributed by atoms with Crippen molar-refractivity contribution >= 4 is 11.3 Å². The van der Waals surface area contributed by atoms with Gasteiger partial charge >= 0.3 is 0 Å². The van der Waals surface area contributed by atoms with Crippen LogP contribution in [0.25, 0.3) is 0 Å². The van der Waals surface area contributed by atoms with Crippen molar-refractivity contribution in [3.8, 4) is 0 Å². The summed E-state index contributed by atoms with van der Waals surface area (Å²) in [6.07, 6.45) is 2.77. The molecule has 86 valence electrons. The van der Waals surface area contributed by atoms with Gasteiger partial charge in [0.25, 0.3) is 0 Å². The number of hydrogen-bond acceptors (Lipinski definition) is 3. The Hall–Kier alpha value is -1.06. The molecule has 0 fully saturated rings. The molecule has 3 heteroatoms. The van der Waals surface area contributed by atoms with E-state index in [9.17, 15) is 0 Å². The SMILES string of the molecule is CCC(NCc1sccc1C)c1ccco1. The summed E-state index contributed by atoms with van der Waals surface area (Å²) in [7, 11) is 0. The number of thiophene rings is 1. The zero-order valence-electron chi connectivity index (χ0n) is 9.69. The third kappa shape index (κ3) is 2.54. The smallest absolute Gasteiger partial charge is 0.120 e. The first-order valence-corrected chi connectivity index (χ1v) is 6.49. The standard InChI is InChI=1S/C13H17NOS/c1-3-11(12-5-4-7-15-12)14-9-13-10(2)6-8-16-13/h4-8,11,14H,3,9H2,1-2H3. The Morgan fingerprint density at radius 1 is 1.44 bits per heavy atom. The third-order valence-electron chi connectivity index (χ3n) is 2.77. The van der Waals surface area contributed by atoms with Crippen LogP contribution >= 0.6 is 11.3 Å². The van der Waals surface area contributed by atoms with Crippen molar-refractivity contribution in [2.45, 2.75) is 32.9 Å². The fourth-order valence-electron chi connectivity index (χ4n) is 1.74. The highest BCUT2D eigenvalue weighted by Gasteiger charge is 2.11. The first-order chi connectivity index (χ1) is 7.81. The molecule has 2 nitrogen and oxygen atoms in total. The fourth-order valence-corrected chi connectivity index (χ4v) is 2.59. The molecule has 1 unspecified atom stereocenters. The topological polar surface area (TPSA) is 25.2 Å². The Labute approximate surface area is 100 Å². The van der Waals surface area contributed by atoms with Gasteiger partial charge in [0, 0.05) is 11.4 Å². The van der Waals surface area contributed by atoms with Gasteiger partial charge in [-0.3, -0.25) is 0 Å². The Balaban J connectivity index is 1.96. The molecule has 0 amide bonds. The Bertz CT molecular complexity index is 419. The summed E-state index contributed by atoms with van der Waals surface area (Å²) < 4.78 is 5.43. The van der Waals surface area contributed by atoms with Gasteiger partial charge in [0.2, 0.25) is 0 Å². The average molecular weight is 235 g/mol. The molecule has 2 aromatic heterocycles. The Morgan fingerprint density at radius 3 is 2.88 bits per heavy atom. The van der Waals surface area contributed by atoms with Crippen LogP contribution in [0.2, 0.25) is 0 Å². The predicted molar refractivity (Wildman–Crippen MR) is 67.6 cm³/mol. The fraction of sp³-hybridized carbons (Fsp3) is 0.385. The Morgan fingerprint density at radius 2 is 2.31 bits per heavy atom. The molecule has 1 N–H and O–H groups in total. The van der Waals surface area contributed by atoms with Gasteiger partial charge in [0.15, 0.2) is 0 Å². The molecular formula is C13H17NOS. The van der Waals surface area contributed by atoms with Crippen LogP contribution in [0, 0.1) is 6.92 Å². The van der Waals surface area contributed by atoms with Crippen LogP contribution in [0.1, 0.15) is 35.6 Å². The lowest BCUT2D eigenvalue weighted by Gasteiger charge is -2.14. The summed E-state index contributed by atoms with van der Waals surface area (Å²) in [6.45, 7) is 5.24. The molecule has 2 rings (SSSR count). The molecule has 0 aromatic carbocycles. The molecule has 16 heavy (non-hydrogen) atoms. The van der Waals surface area contributed by atoms with Crippen LogP contribution in [-0.4, -0.2) is 0 Å². The number of hydrogen-bond donors (Lipinski definition) is 1. The van der Waals surface area contributed by atoms with E-state index in [1.807, 2.05) is 12.1 Å². The highest BCUT2D eigenvalue weighted by Crippen LogP contribution is 2.20. The largest absolute Gasteiger partial charge is 0.468 e. The van der Waals surface area contributed by atoms with Crippen molar-refractivity contribution < 1.29 is 4.42 Å². The van der Waals surface area contributed by atoms with Crippen LogP contribution in [0.15, 0.2) is 34.3 Å². The Kier molecular flexibility index (Phi) is 3.80. The molecule has 0 radical (unpaired) electrons. The van der Waals surface area contributed by atoms with E-state index in [1.165, 1.54) is 10.4 Å². The van der Waals surface area contributed by atoms with Gasteiger partial charge < -0.3 is 9.73 Å². The van der Waals surface area contributed by atoms with E-state index in [0.29, 0.717) is 6.04 Å². The molecule has 2 heterocycles. The molecule has 2 aromatic rings. The maximum atomic E-state index is 5.43. The molecule has 0 aliphatic heterocycles. The summed E-state index contributed by atoms with van der Waals surface area (Å²) in [5, 5.41) is 5.67. The second kappa shape index (κ2) is 5.32. The van der Waals surface area contributed by atoms with Gasteiger partial charge in [-0.05, 0) is 42.5 Å². The van der Waals surface area contributed by atoms with E-state index in [0.717, 1.165) is 18.7 Å². The zero-order valence-corrected chi connectivity index (χ0v) is 10.5. The number of aryl methyl sites for hydroxylation is 1. The number of nitrogens with one attached hydrogen (secondary N) is 1. The summed E-state index contributed by atoms with van der Waals surface area (Å²) in [5.41, 5.74) is 1.37. The summed E-state index contributed by atoms with van der Waals surface area (Å²) >= 11 is 1.81. The summed E-state index contributed by atoms with van der Waals surface area (Å²) in [4.78, 5) is 1.41. The van der Waals surface area contributed by atoms with E-state index in [1.54, 1.807) is 17.6 Å². The third-order valence-corrected chi connectivity index (χ3v) is 3.80. The first-order valence-electron chi connectivity index (χ1n) is 5.61. The van der Waals surface area contributed by atoms with Crippen molar-refractivity contribution in [2.75, 3.05) is 0 Å². The number of rotatable bonds is 5. The van der Waals surface area contributed by atoms with Gasteiger partial charge in [0.05, 0.1) is 12.3 Å². The molecule has 0 aliphatic rings. The van der Waals surface area contributed by atoms with E-state index in [-0.39, 0.29) is 0 Å². The molecular weight excluding hydrogens is 218 g/mol. The monoisotopic (exact) mass is 235 g/mol. The molecule has 0 spiro atoms.